The van der Waals surface area contributed by atoms with E-state index >= 15 is 0 Å². The second-order valence-corrected chi connectivity index (χ2v) is 6.98. The fourth-order valence-corrected chi connectivity index (χ4v) is 2.52. The van der Waals surface area contributed by atoms with E-state index in [9.17, 15) is 24.3 Å². The fourth-order valence-electron chi connectivity index (χ4n) is 2.52. The first-order chi connectivity index (χ1) is 13.1. The zero-order chi connectivity index (χ0) is 21.3. The van der Waals surface area contributed by atoms with Crippen molar-refractivity contribution in [2.75, 3.05) is 0 Å². The Bertz CT molecular complexity index is 676. The molecule has 1 aromatic heterocycles. The van der Waals surface area contributed by atoms with Gasteiger partial charge >= 0.3 is 5.97 Å². The maximum absolute atomic E-state index is 12.6. The number of carboxylic acid groups (broad SMARTS) is 1. The van der Waals surface area contributed by atoms with E-state index in [2.05, 4.69) is 20.6 Å². The summed E-state index contributed by atoms with van der Waals surface area (Å²) in [6.07, 6.45) is 3.18. The number of primary amides is 1. The highest BCUT2D eigenvalue weighted by Gasteiger charge is 2.28. The molecule has 0 aromatic carbocycles. The summed E-state index contributed by atoms with van der Waals surface area (Å²) in [6, 6.07) is -3.16. The second-order valence-electron chi connectivity index (χ2n) is 6.98. The van der Waals surface area contributed by atoms with E-state index in [0.29, 0.717) is 5.69 Å². The number of aromatic amines is 1. The van der Waals surface area contributed by atoms with Crippen LogP contribution in [0.25, 0.3) is 0 Å². The van der Waals surface area contributed by atoms with Gasteiger partial charge in [0.25, 0.3) is 0 Å². The molecule has 0 unspecified atom stereocenters. The van der Waals surface area contributed by atoms with Crippen LogP contribution in [0.4, 0.5) is 0 Å². The quantitative estimate of drug-likeness (QED) is 0.251. The van der Waals surface area contributed by atoms with E-state index in [-0.39, 0.29) is 31.6 Å². The van der Waals surface area contributed by atoms with E-state index in [1.165, 1.54) is 6.33 Å². The SMILES string of the molecule is CC(C)C[C@H](NC(=O)[C@@H](N)Cc1cnc[nH]1)C(=O)N[C@@H](CCC(N)=O)C(=O)O. The van der Waals surface area contributed by atoms with Crippen molar-refractivity contribution in [2.24, 2.45) is 17.4 Å². The lowest BCUT2D eigenvalue weighted by atomic mass is 10.0. The average molecular weight is 396 g/mol. The topological polar surface area (TPSA) is 193 Å². The molecular weight excluding hydrogens is 368 g/mol. The van der Waals surface area contributed by atoms with Gasteiger partial charge in [0.15, 0.2) is 0 Å². The summed E-state index contributed by atoms with van der Waals surface area (Å²) in [5.74, 6) is -3.11. The number of rotatable bonds is 12. The third kappa shape index (κ3) is 8.16. The van der Waals surface area contributed by atoms with Crippen molar-refractivity contribution in [3.63, 3.8) is 0 Å². The Morgan fingerprint density at radius 3 is 2.32 bits per heavy atom. The van der Waals surface area contributed by atoms with Crippen LogP contribution >= 0.6 is 0 Å². The molecule has 28 heavy (non-hydrogen) atoms. The molecule has 0 aliphatic carbocycles. The molecular formula is C17H28N6O5. The van der Waals surface area contributed by atoms with Gasteiger partial charge in [-0.25, -0.2) is 9.78 Å². The molecule has 0 fully saturated rings. The minimum absolute atomic E-state index is 0.0498. The molecule has 0 aliphatic heterocycles. The molecule has 11 heteroatoms. The van der Waals surface area contributed by atoms with E-state index < -0.39 is 41.8 Å². The largest absolute Gasteiger partial charge is 0.480 e. The normalized spacial score (nSPS) is 14.1. The second kappa shape index (κ2) is 11.0. The molecule has 1 aromatic rings. The highest BCUT2D eigenvalue weighted by molar-refractivity contribution is 5.92. The van der Waals surface area contributed by atoms with Crippen LogP contribution in [0.5, 0.6) is 0 Å². The number of H-pyrrole nitrogens is 1. The minimum Gasteiger partial charge on any atom is -0.480 e. The molecule has 11 nitrogen and oxygen atoms in total. The number of nitrogens with one attached hydrogen (secondary N) is 3. The van der Waals surface area contributed by atoms with Crippen molar-refractivity contribution in [1.29, 1.82) is 0 Å². The van der Waals surface area contributed by atoms with Crippen molar-refractivity contribution in [3.8, 4) is 0 Å². The third-order valence-corrected chi connectivity index (χ3v) is 3.97. The van der Waals surface area contributed by atoms with Gasteiger partial charge in [-0.1, -0.05) is 13.8 Å². The van der Waals surface area contributed by atoms with E-state index in [1.807, 2.05) is 13.8 Å². The van der Waals surface area contributed by atoms with Gasteiger partial charge in [-0.15, -0.1) is 0 Å². The standard InChI is InChI=1S/C17H28N6O5/c1-9(2)5-13(16(26)22-12(17(27)28)3-4-14(19)24)23-15(25)11(18)6-10-7-20-8-21-10/h7-9,11-13H,3-6,18H2,1-2H3,(H2,19,24)(H,20,21)(H,22,26)(H,23,25)(H,27,28)/t11-,12-,13-/m0/s1. The van der Waals surface area contributed by atoms with Crippen molar-refractivity contribution >= 4 is 23.7 Å². The summed E-state index contributed by atoms with van der Waals surface area (Å²) in [6.45, 7) is 3.72. The fraction of sp³-hybridized carbons (Fsp3) is 0.588. The summed E-state index contributed by atoms with van der Waals surface area (Å²) in [7, 11) is 0. The number of nitrogens with zero attached hydrogens (tertiary/aromatic N) is 1. The number of hydrogen-bond acceptors (Lipinski definition) is 6. The zero-order valence-electron chi connectivity index (χ0n) is 16.0. The van der Waals surface area contributed by atoms with Gasteiger partial charge < -0.3 is 32.2 Å². The van der Waals surface area contributed by atoms with Crippen LogP contribution in [-0.4, -0.2) is 56.9 Å². The van der Waals surface area contributed by atoms with Crippen LogP contribution in [0.1, 0.15) is 38.8 Å². The number of aromatic nitrogens is 2. The third-order valence-electron chi connectivity index (χ3n) is 3.97. The smallest absolute Gasteiger partial charge is 0.326 e. The Hall–Kier alpha value is -2.95. The van der Waals surface area contributed by atoms with E-state index in [1.54, 1.807) is 6.20 Å². The maximum Gasteiger partial charge on any atom is 0.326 e. The van der Waals surface area contributed by atoms with Crippen molar-refractivity contribution < 1.29 is 24.3 Å². The van der Waals surface area contributed by atoms with Gasteiger partial charge in [0.2, 0.25) is 17.7 Å². The molecule has 0 radical (unpaired) electrons. The zero-order valence-corrected chi connectivity index (χ0v) is 16.0. The van der Waals surface area contributed by atoms with Crippen molar-refractivity contribution in [3.05, 3.63) is 18.2 Å². The highest BCUT2D eigenvalue weighted by Crippen LogP contribution is 2.08. The number of aliphatic carboxylic acids is 1. The summed E-state index contributed by atoms with van der Waals surface area (Å²) >= 11 is 0. The first kappa shape index (κ1) is 23.1. The number of carbonyl (C=O) groups is 4. The first-order valence-electron chi connectivity index (χ1n) is 8.94. The number of amides is 3. The van der Waals surface area contributed by atoms with E-state index in [0.717, 1.165) is 0 Å². The van der Waals surface area contributed by atoms with Crippen LogP contribution in [0.15, 0.2) is 12.5 Å². The number of carboxylic acids is 1. The molecule has 0 bridgehead atoms. The molecule has 1 heterocycles. The summed E-state index contributed by atoms with van der Waals surface area (Å²) in [5, 5.41) is 14.2. The molecule has 3 atom stereocenters. The number of carbonyl (C=O) groups excluding carboxylic acids is 3. The highest BCUT2D eigenvalue weighted by atomic mass is 16.4. The van der Waals surface area contributed by atoms with Gasteiger partial charge in [-0.2, -0.15) is 0 Å². The number of hydrogen-bond donors (Lipinski definition) is 6. The minimum atomic E-state index is -1.29. The van der Waals surface area contributed by atoms with E-state index in [4.69, 9.17) is 11.5 Å². The molecule has 0 saturated heterocycles. The lowest BCUT2D eigenvalue weighted by molar-refractivity contribution is -0.142. The molecule has 3 amide bonds. The van der Waals surface area contributed by atoms with Gasteiger partial charge in [0.1, 0.15) is 12.1 Å². The number of imidazole rings is 1. The Morgan fingerprint density at radius 2 is 1.82 bits per heavy atom. The summed E-state index contributed by atoms with van der Waals surface area (Å²) in [4.78, 5) is 53.8. The van der Waals surface area contributed by atoms with Crippen LogP contribution < -0.4 is 22.1 Å². The van der Waals surface area contributed by atoms with Crippen LogP contribution in [0.3, 0.4) is 0 Å². The maximum atomic E-state index is 12.6. The van der Waals surface area contributed by atoms with Crippen LogP contribution in [-0.2, 0) is 25.6 Å². The molecule has 8 N–H and O–H groups in total. The molecule has 0 aliphatic rings. The van der Waals surface area contributed by atoms with Gasteiger partial charge in [-0.05, 0) is 18.8 Å². The van der Waals surface area contributed by atoms with Crippen molar-refractivity contribution in [1.82, 2.24) is 20.6 Å². The Kier molecular flexibility index (Phi) is 9.09. The summed E-state index contributed by atoms with van der Waals surface area (Å²) in [5.41, 5.74) is 11.6. The van der Waals surface area contributed by atoms with Gasteiger partial charge in [0, 0.05) is 24.7 Å². The molecule has 1 rings (SSSR count). The lowest BCUT2D eigenvalue weighted by Gasteiger charge is -2.24. The van der Waals surface area contributed by atoms with Crippen LogP contribution in [0, 0.1) is 5.92 Å². The average Bonchev–Trinajstić information content (AvgIpc) is 3.09. The van der Waals surface area contributed by atoms with Gasteiger partial charge in [0.05, 0.1) is 12.4 Å². The Morgan fingerprint density at radius 1 is 1.18 bits per heavy atom. The predicted octanol–water partition coefficient (Wildman–Crippen LogP) is -1.35. The molecule has 0 saturated carbocycles. The monoisotopic (exact) mass is 396 g/mol. The Labute approximate surface area is 162 Å². The summed E-state index contributed by atoms with van der Waals surface area (Å²) < 4.78 is 0. The molecule has 0 spiro atoms. The van der Waals surface area contributed by atoms with Gasteiger partial charge in [-0.3, -0.25) is 14.4 Å². The predicted molar refractivity (Wildman–Crippen MR) is 99.6 cm³/mol. The molecule has 156 valence electrons. The lowest BCUT2D eigenvalue weighted by Crippen LogP contribution is -2.55. The van der Waals surface area contributed by atoms with Crippen LogP contribution in [0.2, 0.25) is 0 Å². The number of nitrogens with two attached hydrogens (primary N) is 2. The van der Waals surface area contributed by atoms with Crippen molar-refractivity contribution in [2.45, 2.75) is 57.7 Å². The Balaban J connectivity index is 2.75. The first-order valence-corrected chi connectivity index (χ1v) is 8.94.